The Morgan fingerprint density at radius 3 is 2.40 bits per heavy atom. The van der Waals surface area contributed by atoms with Crippen molar-refractivity contribution in [2.24, 2.45) is 0 Å². The van der Waals surface area contributed by atoms with Crippen molar-refractivity contribution in [3.63, 3.8) is 0 Å². The van der Waals surface area contributed by atoms with Crippen LogP contribution in [0, 0.1) is 6.92 Å². The van der Waals surface area contributed by atoms with Gasteiger partial charge in [-0.2, -0.15) is 0 Å². The average Bonchev–Trinajstić information content (AvgIpc) is 2.21. The first-order chi connectivity index (χ1) is 7.15. The topological polar surface area (TPSA) is 57.5 Å². The zero-order valence-electron chi connectivity index (χ0n) is 8.81. The first-order valence-electron chi connectivity index (χ1n) is 5.05. The summed E-state index contributed by atoms with van der Waals surface area (Å²) in [5, 5.41) is 17.7. The van der Waals surface area contributed by atoms with Crippen molar-refractivity contribution in [1.29, 1.82) is 0 Å². The molecule has 0 heterocycles. The maximum Gasteiger partial charge on any atom is 0.310 e. The van der Waals surface area contributed by atoms with E-state index in [1.807, 2.05) is 31.2 Å². The van der Waals surface area contributed by atoms with Gasteiger partial charge in [0.1, 0.15) is 0 Å². The summed E-state index contributed by atoms with van der Waals surface area (Å²) < 4.78 is 0. The van der Waals surface area contributed by atoms with E-state index in [0.717, 1.165) is 11.1 Å². The van der Waals surface area contributed by atoms with Gasteiger partial charge in [0.05, 0.1) is 5.92 Å². The van der Waals surface area contributed by atoms with Crippen molar-refractivity contribution in [3.05, 3.63) is 35.4 Å². The summed E-state index contributed by atoms with van der Waals surface area (Å²) >= 11 is 0. The monoisotopic (exact) mass is 208 g/mol. The predicted octanol–water partition coefficient (Wildman–Crippen LogP) is 1.94. The van der Waals surface area contributed by atoms with Crippen LogP contribution in [0.1, 0.15) is 29.9 Å². The van der Waals surface area contributed by atoms with Crippen LogP contribution in [0.4, 0.5) is 0 Å². The Labute approximate surface area is 89.4 Å². The summed E-state index contributed by atoms with van der Waals surface area (Å²) in [5.74, 6) is -1.33. The van der Waals surface area contributed by atoms with Crippen molar-refractivity contribution in [1.82, 2.24) is 0 Å². The molecule has 1 aromatic carbocycles. The van der Waals surface area contributed by atoms with Crippen LogP contribution < -0.4 is 0 Å². The molecule has 0 bridgehead atoms. The quantitative estimate of drug-likeness (QED) is 0.777. The first kappa shape index (κ1) is 11.7. The number of carboxylic acids is 1. The van der Waals surface area contributed by atoms with Crippen molar-refractivity contribution in [2.45, 2.75) is 25.7 Å². The minimum absolute atomic E-state index is 0.0373. The maximum atomic E-state index is 11.0. The zero-order valence-corrected chi connectivity index (χ0v) is 8.81. The third-order valence-electron chi connectivity index (χ3n) is 2.43. The van der Waals surface area contributed by atoms with E-state index in [9.17, 15) is 4.79 Å². The van der Waals surface area contributed by atoms with Crippen molar-refractivity contribution in [3.8, 4) is 0 Å². The van der Waals surface area contributed by atoms with Crippen LogP contribution >= 0.6 is 0 Å². The summed E-state index contributed by atoms with van der Waals surface area (Å²) in [6.07, 6.45) is 1.000. The molecule has 0 aliphatic carbocycles. The number of benzene rings is 1. The zero-order chi connectivity index (χ0) is 11.3. The fraction of sp³-hybridized carbons (Fsp3) is 0.417. The molecule has 0 fully saturated rings. The van der Waals surface area contributed by atoms with Gasteiger partial charge in [-0.1, -0.05) is 29.8 Å². The van der Waals surface area contributed by atoms with Gasteiger partial charge < -0.3 is 10.2 Å². The predicted molar refractivity (Wildman–Crippen MR) is 57.9 cm³/mol. The van der Waals surface area contributed by atoms with E-state index in [1.54, 1.807) is 0 Å². The third kappa shape index (κ3) is 3.36. The molecule has 0 saturated heterocycles. The molecule has 0 saturated carbocycles. The number of aliphatic hydroxyl groups excluding tert-OH is 1. The van der Waals surface area contributed by atoms with Gasteiger partial charge in [-0.25, -0.2) is 0 Å². The van der Waals surface area contributed by atoms with E-state index in [0.29, 0.717) is 12.8 Å². The van der Waals surface area contributed by atoms with E-state index >= 15 is 0 Å². The Balaban J connectivity index is 2.79. The Kier molecular flexibility index (Phi) is 4.31. The summed E-state index contributed by atoms with van der Waals surface area (Å²) in [4.78, 5) is 11.0. The molecule has 82 valence electrons. The molecule has 1 rings (SSSR count). The summed E-state index contributed by atoms with van der Waals surface area (Å²) in [6, 6.07) is 7.49. The molecule has 0 spiro atoms. The molecular weight excluding hydrogens is 192 g/mol. The molecule has 1 aromatic rings. The molecule has 0 amide bonds. The molecule has 3 heteroatoms. The average molecular weight is 208 g/mol. The van der Waals surface area contributed by atoms with E-state index in [4.69, 9.17) is 10.2 Å². The SMILES string of the molecule is Cc1ccc(C(CCCO)C(=O)O)cc1. The molecule has 1 atom stereocenters. The van der Waals surface area contributed by atoms with E-state index in [2.05, 4.69) is 0 Å². The van der Waals surface area contributed by atoms with Gasteiger partial charge in [0.25, 0.3) is 0 Å². The second-order valence-electron chi connectivity index (χ2n) is 3.67. The lowest BCUT2D eigenvalue weighted by molar-refractivity contribution is -0.139. The van der Waals surface area contributed by atoms with Crippen LogP contribution in [0.15, 0.2) is 24.3 Å². The van der Waals surface area contributed by atoms with Crippen LogP contribution in [0.5, 0.6) is 0 Å². The highest BCUT2D eigenvalue weighted by Crippen LogP contribution is 2.21. The minimum atomic E-state index is -0.827. The highest BCUT2D eigenvalue weighted by Gasteiger charge is 2.18. The van der Waals surface area contributed by atoms with Crippen LogP contribution in [-0.4, -0.2) is 22.8 Å². The van der Waals surface area contributed by atoms with Gasteiger partial charge in [0, 0.05) is 6.61 Å². The lowest BCUT2D eigenvalue weighted by Crippen LogP contribution is -2.12. The molecule has 15 heavy (non-hydrogen) atoms. The molecule has 0 aliphatic heterocycles. The summed E-state index contributed by atoms with van der Waals surface area (Å²) in [5.41, 5.74) is 1.92. The number of hydrogen-bond donors (Lipinski definition) is 2. The van der Waals surface area contributed by atoms with Gasteiger partial charge in [-0.05, 0) is 25.3 Å². The standard InChI is InChI=1S/C12H16O3/c1-9-4-6-10(7-5-9)11(12(14)15)3-2-8-13/h4-7,11,13H,2-3,8H2,1H3,(H,14,15). The van der Waals surface area contributed by atoms with Crippen molar-refractivity contribution in [2.75, 3.05) is 6.61 Å². The number of carboxylic acid groups (broad SMARTS) is 1. The van der Waals surface area contributed by atoms with Gasteiger partial charge >= 0.3 is 5.97 Å². The fourth-order valence-corrected chi connectivity index (χ4v) is 1.53. The lowest BCUT2D eigenvalue weighted by atomic mass is 9.94. The smallest absolute Gasteiger partial charge is 0.310 e. The number of rotatable bonds is 5. The van der Waals surface area contributed by atoms with Crippen molar-refractivity contribution < 1.29 is 15.0 Å². The lowest BCUT2D eigenvalue weighted by Gasteiger charge is -2.11. The number of aryl methyl sites for hydroxylation is 1. The number of aliphatic hydroxyl groups is 1. The summed E-state index contributed by atoms with van der Waals surface area (Å²) in [6.45, 7) is 2.00. The molecule has 3 nitrogen and oxygen atoms in total. The Hall–Kier alpha value is -1.35. The van der Waals surface area contributed by atoms with E-state index in [1.165, 1.54) is 0 Å². The number of carbonyl (C=O) groups is 1. The summed E-state index contributed by atoms with van der Waals surface area (Å²) in [7, 11) is 0. The van der Waals surface area contributed by atoms with Gasteiger partial charge in [-0.15, -0.1) is 0 Å². The van der Waals surface area contributed by atoms with E-state index in [-0.39, 0.29) is 6.61 Å². The van der Waals surface area contributed by atoms with Crippen LogP contribution in [0.25, 0.3) is 0 Å². The van der Waals surface area contributed by atoms with Crippen LogP contribution in [0.2, 0.25) is 0 Å². The van der Waals surface area contributed by atoms with Gasteiger partial charge in [0.2, 0.25) is 0 Å². The highest BCUT2D eigenvalue weighted by molar-refractivity contribution is 5.76. The molecule has 0 aliphatic rings. The maximum absolute atomic E-state index is 11.0. The Morgan fingerprint density at radius 2 is 1.93 bits per heavy atom. The van der Waals surface area contributed by atoms with Gasteiger partial charge in [-0.3, -0.25) is 4.79 Å². The van der Waals surface area contributed by atoms with Crippen LogP contribution in [-0.2, 0) is 4.79 Å². The highest BCUT2D eigenvalue weighted by atomic mass is 16.4. The first-order valence-corrected chi connectivity index (χ1v) is 5.05. The fourth-order valence-electron chi connectivity index (χ4n) is 1.53. The molecule has 1 unspecified atom stereocenters. The molecule has 0 radical (unpaired) electrons. The second kappa shape index (κ2) is 5.51. The third-order valence-corrected chi connectivity index (χ3v) is 2.43. The molecule has 0 aromatic heterocycles. The minimum Gasteiger partial charge on any atom is -0.481 e. The Morgan fingerprint density at radius 1 is 1.33 bits per heavy atom. The molecular formula is C12H16O3. The Bertz CT molecular complexity index is 316. The van der Waals surface area contributed by atoms with Crippen molar-refractivity contribution >= 4 is 5.97 Å². The second-order valence-corrected chi connectivity index (χ2v) is 3.67. The van der Waals surface area contributed by atoms with Gasteiger partial charge in [0.15, 0.2) is 0 Å². The largest absolute Gasteiger partial charge is 0.481 e. The van der Waals surface area contributed by atoms with E-state index < -0.39 is 11.9 Å². The van der Waals surface area contributed by atoms with Crippen LogP contribution in [0.3, 0.4) is 0 Å². The number of aliphatic carboxylic acids is 1. The molecule has 2 N–H and O–H groups in total. The number of hydrogen-bond acceptors (Lipinski definition) is 2. The normalized spacial score (nSPS) is 12.4.